The lowest BCUT2D eigenvalue weighted by molar-refractivity contribution is 0.0476. The number of ether oxygens (including phenoxy) is 1. The number of ketones is 1. The second kappa shape index (κ2) is 8.82. The largest absolute Gasteiger partial charge is 0.454 e. The molecule has 0 radical (unpaired) electrons. The fraction of sp³-hybridized carbons (Fsp3) is 0.115. The van der Waals surface area contributed by atoms with Gasteiger partial charge in [0.2, 0.25) is 5.78 Å². The number of aromatic nitrogens is 1. The number of hydrogen-bond donors (Lipinski definition) is 0. The van der Waals surface area contributed by atoms with Gasteiger partial charge in [0, 0.05) is 21.0 Å². The number of aryl methyl sites for hydroxylation is 2. The van der Waals surface area contributed by atoms with E-state index >= 15 is 0 Å². The molecule has 154 valence electrons. The summed E-state index contributed by atoms with van der Waals surface area (Å²) in [4.78, 5) is 30.3. The van der Waals surface area contributed by atoms with Gasteiger partial charge in [-0.2, -0.15) is 0 Å². The van der Waals surface area contributed by atoms with Crippen molar-refractivity contribution in [3.8, 4) is 11.3 Å². The van der Waals surface area contributed by atoms with Crippen LogP contribution in [0.4, 0.5) is 0 Å². The molecule has 0 fully saturated rings. The minimum Gasteiger partial charge on any atom is -0.454 e. The minimum atomic E-state index is -0.546. The molecule has 4 aromatic rings. The molecule has 0 saturated heterocycles. The predicted molar refractivity (Wildman–Crippen MR) is 125 cm³/mol. The molecule has 0 atom stereocenters. The van der Waals surface area contributed by atoms with Gasteiger partial charge in [-0.05, 0) is 49.7 Å². The van der Waals surface area contributed by atoms with Gasteiger partial charge in [0.05, 0.1) is 16.8 Å². The van der Waals surface area contributed by atoms with Crippen molar-refractivity contribution in [2.45, 2.75) is 13.8 Å². The van der Waals surface area contributed by atoms with Crippen LogP contribution in [0.15, 0.2) is 77.3 Å². The van der Waals surface area contributed by atoms with Gasteiger partial charge in [-0.1, -0.05) is 64.0 Å². The molecule has 0 saturated carbocycles. The van der Waals surface area contributed by atoms with Crippen LogP contribution in [0.25, 0.3) is 22.2 Å². The quantitative estimate of drug-likeness (QED) is 0.251. The van der Waals surface area contributed by atoms with Gasteiger partial charge in [-0.3, -0.25) is 4.79 Å². The third-order valence-electron chi connectivity index (χ3n) is 5.10. The maximum Gasteiger partial charge on any atom is 0.339 e. The first-order valence-electron chi connectivity index (χ1n) is 9.85. The van der Waals surface area contributed by atoms with E-state index in [1.165, 1.54) is 0 Å². The van der Waals surface area contributed by atoms with Crippen LogP contribution in [0.2, 0.25) is 0 Å². The molecule has 0 aliphatic heterocycles. The van der Waals surface area contributed by atoms with Crippen LogP contribution in [-0.4, -0.2) is 23.3 Å². The Morgan fingerprint density at radius 3 is 2.42 bits per heavy atom. The number of carbonyl (C=O) groups is 2. The molecular formula is C26H20BrNO3. The molecule has 1 aromatic heterocycles. The molecular weight excluding hydrogens is 454 g/mol. The summed E-state index contributed by atoms with van der Waals surface area (Å²) in [5, 5.41) is 0.688. The highest BCUT2D eigenvalue weighted by Gasteiger charge is 2.18. The van der Waals surface area contributed by atoms with E-state index in [4.69, 9.17) is 9.72 Å². The Labute approximate surface area is 189 Å². The maximum absolute atomic E-state index is 13.0. The molecule has 0 amide bonds. The number of hydrogen-bond acceptors (Lipinski definition) is 4. The van der Waals surface area contributed by atoms with Crippen LogP contribution in [0.1, 0.15) is 31.8 Å². The average Bonchev–Trinajstić information content (AvgIpc) is 2.78. The number of carbonyl (C=O) groups excluding carboxylic acids is 2. The van der Waals surface area contributed by atoms with Crippen LogP contribution in [0, 0.1) is 13.8 Å². The Kier molecular flexibility index (Phi) is 5.96. The Bertz CT molecular complexity index is 1300. The molecule has 1 heterocycles. The summed E-state index contributed by atoms with van der Waals surface area (Å²) < 4.78 is 6.39. The third-order valence-corrected chi connectivity index (χ3v) is 5.63. The zero-order valence-electron chi connectivity index (χ0n) is 17.2. The lowest BCUT2D eigenvalue weighted by Crippen LogP contribution is -2.16. The highest BCUT2D eigenvalue weighted by atomic mass is 79.9. The predicted octanol–water partition coefficient (Wildman–Crippen LogP) is 6.32. The van der Waals surface area contributed by atoms with E-state index in [9.17, 15) is 9.59 Å². The molecule has 0 bridgehead atoms. The molecule has 0 N–H and O–H groups in total. The highest BCUT2D eigenvalue weighted by molar-refractivity contribution is 9.10. The lowest BCUT2D eigenvalue weighted by atomic mass is 10.0. The zero-order valence-corrected chi connectivity index (χ0v) is 18.8. The average molecular weight is 474 g/mol. The van der Waals surface area contributed by atoms with Crippen LogP contribution in [-0.2, 0) is 4.74 Å². The van der Waals surface area contributed by atoms with Crippen molar-refractivity contribution in [3.63, 3.8) is 0 Å². The van der Waals surface area contributed by atoms with Crippen molar-refractivity contribution in [2.75, 3.05) is 6.61 Å². The summed E-state index contributed by atoms with van der Waals surface area (Å²) in [6, 6.07) is 22.5. The van der Waals surface area contributed by atoms with Crippen molar-refractivity contribution >= 4 is 38.6 Å². The molecule has 0 aliphatic rings. The van der Waals surface area contributed by atoms with Gasteiger partial charge < -0.3 is 4.74 Å². The molecule has 4 rings (SSSR count). The second-order valence-corrected chi connectivity index (χ2v) is 8.31. The van der Waals surface area contributed by atoms with Gasteiger partial charge in [0.1, 0.15) is 0 Å². The third kappa shape index (κ3) is 4.57. The number of nitrogens with zero attached hydrogens (tertiary/aromatic N) is 1. The van der Waals surface area contributed by atoms with E-state index in [0.717, 1.165) is 21.2 Å². The Balaban J connectivity index is 1.64. The zero-order chi connectivity index (χ0) is 22.0. The van der Waals surface area contributed by atoms with Crippen molar-refractivity contribution < 1.29 is 14.3 Å². The number of para-hydroxylation sites is 1. The Hall–Kier alpha value is -3.31. The molecule has 31 heavy (non-hydrogen) atoms. The normalized spacial score (nSPS) is 10.8. The minimum absolute atomic E-state index is 0.221. The summed E-state index contributed by atoms with van der Waals surface area (Å²) in [6.45, 7) is 3.48. The van der Waals surface area contributed by atoms with E-state index in [0.29, 0.717) is 27.7 Å². The molecule has 0 unspecified atom stereocenters. The van der Waals surface area contributed by atoms with Gasteiger partial charge >= 0.3 is 5.97 Å². The smallest absolute Gasteiger partial charge is 0.339 e. The van der Waals surface area contributed by atoms with Gasteiger partial charge in [-0.15, -0.1) is 0 Å². The summed E-state index contributed by atoms with van der Waals surface area (Å²) in [6.07, 6.45) is 0. The standard InChI is InChI=1S/C26H20BrNO3/c1-16-7-8-17(2)21(13-16)25(29)15-31-26(30)22-14-24(18-9-11-19(27)12-10-18)28-23-6-4-3-5-20(22)23/h3-14H,15H2,1-2H3. The number of halogens is 1. The Morgan fingerprint density at radius 2 is 1.65 bits per heavy atom. The first-order chi connectivity index (χ1) is 14.9. The van der Waals surface area contributed by atoms with E-state index in [1.807, 2.05) is 80.6 Å². The van der Waals surface area contributed by atoms with E-state index in [2.05, 4.69) is 15.9 Å². The van der Waals surface area contributed by atoms with Gasteiger partial charge in [-0.25, -0.2) is 9.78 Å². The lowest BCUT2D eigenvalue weighted by Gasteiger charge is -2.11. The fourth-order valence-corrected chi connectivity index (χ4v) is 3.70. The first-order valence-corrected chi connectivity index (χ1v) is 10.6. The van der Waals surface area contributed by atoms with Crippen molar-refractivity contribution in [1.29, 1.82) is 0 Å². The maximum atomic E-state index is 13.0. The van der Waals surface area contributed by atoms with Crippen LogP contribution in [0.3, 0.4) is 0 Å². The SMILES string of the molecule is Cc1ccc(C)c(C(=O)COC(=O)c2cc(-c3ccc(Br)cc3)nc3ccccc23)c1. The number of Topliss-reactive ketones (excluding diaryl/α,β-unsaturated/α-hetero) is 1. The van der Waals surface area contributed by atoms with Crippen molar-refractivity contribution in [2.24, 2.45) is 0 Å². The van der Waals surface area contributed by atoms with Crippen molar-refractivity contribution in [3.05, 3.63) is 99.5 Å². The van der Waals surface area contributed by atoms with Gasteiger partial charge in [0.25, 0.3) is 0 Å². The van der Waals surface area contributed by atoms with Gasteiger partial charge in [0.15, 0.2) is 6.61 Å². The molecule has 3 aromatic carbocycles. The molecule has 0 aliphatic carbocycles. The molecule has 4 nitrogen and oxygen atoms in total. The topological polar surface area (TPSA) is 56.3 Å². The summed E-state index contributed by atoms with van der Waals surface area (Å²) in [5.41, 5.74) is 5.04. The number of pyridine rings is 1. The Morgan fingerprint density at radius 1 is 0.903 bits per heavy atom. The second-order valence-electron chi connectivity index (χ2n) is 7.40. The van der Waals surface area contributed by atoms with Crippen LogP contribution < -0.4 is 0 Å². The monoisotopic (exact) mass is 473 g/mol. The summed E-state index contributed by atoms with van der Waals surface area (Å²) in [7, 11) is 0. The number of rotatable bonds is 5. The summed E-state index contributed by atoms with van der Waals surface area (Å²) in [5.74, 6) is -0.767. The number of esters is 1. The number of benzene rings is 3. The first kappa shape index (κ1) is 20.9. The molecule has 5 heteroatoms. The molecule has 0 spiro atoms. The van der Waals surface area contributed by atoms with Crippen molar-refractivity contribution in [1.82, 2.24) is 4.98 Å². The van der Waals surface area contributed by atoms with Crippen LogP contribution in [0.5, 0.6) is 0 Å². The van der Waals surface area contributed by atoms with E-state index in [1.54, 1.807) is 6.07 Å². The van der Waals surface area contributed by atoms with E-state index < -0.39 is 5.97 Å². The highest BCUT2D eigenvalue weighted by Crippen LogP contribution is 2.26. The fourth-order valence-electron chi connectivity index (χ4n) is 3.44. The summed E-state index contributed by atoms with van der Waals surface area (Å²) >= 11 is 3.43. The number of fused-ring (bicyclic) bond motifs is 1. The van der Waals surface area contributed by atoms with E-state index in [-0.39, 0.29) is 12.4 Å². The van der Waals surface area contributed by atoms with Crippen LogP contribution >= 0.6 is 15.9 Å².